The van der Waals surface area contributed by atoms with Gasteiger partial charge >= 0.3 is 0 Å². The smallest absolute Gasteiger partial charge is 0.137 e. The maximum absolute atomic E-state index is 13.5. The predicted octanol–water partition coefficient (Wildman–Crippen LogP) is 3.94. The molecule has 0 fully saturated rings. The zero-order chi connectivity index (χ0) is 13.0. The molecule has 1 N–H and O–H groups in total. The molecule has 1 atom stereocenters. The van der Waals surface area contributed by atoms with Gasteiger partial charge in [0, 0.05) is 17.1 Å². The molecular formula is C13H14BrFN2S. The molecule has 0 amide bonds. The normalized spacial score (nSPS) is 12.6. The van der Waals surface area contributed by atoms with Crippen molar-refractivity contribution in [3.05, 3.63) is 50.6 Å². The van der Waals surface area contributed by atoms with Crippen molar-refractivity contribution in [3.8, 4) is 0 Å². The molecule has 2 rings (SSSR count). The number of rotatable bonds is 5. The van der Waals surface area contributed by atoms with Crippen LogP contribution in [0, 0.1) is 5.82 Å². The quantitative estimate of drug-likeness (QED) is 0.899. The standard InChI is InChI=1S/C13H14BrFN2S/c1-2-17-11(12-7-16-8-18-12)6-9-4-3-5-10(15)13(9)14/h3-5,7-8,11,17H,2,6H2,1H3. The average molecular weight is 329 g/mol. The molecule has 0 aliphatic rings. The molecule has 2 nitrogen and oxygen atoms in total. The maximum Gasteiger partial charge on any atom is 0.137 e. The summed E-state index contributed by atoms with van der Waals surface area (Å²) >= 11 is 4.93. The average Bonchev–Trinajstić information content (AvgIpc) is 2.88. The summed E-state index contributed by atoms with van der Waals surface area (Å²) in [5.41, 5.74) is 2.79. The Hall–Kier alpha value is -0.780. The van der Waals surface area contributed by atoms with Crippen LogP contribution in [0.1, 0.15) is 23.4 Å². The third-order valence-corrected chi connectivity index (χ3v) is 4.48. The van der Waals surface area contributed by atoms with Gasteiger partial charge in [0.15, 0.2) is 0 Å². The Bertz CT molecular complexity index is 502. The second kappa shape index (κ2) is 6.41. The van der Waals surface area contributed by atoms with Crippen LogP contribution in [0.4, 0.5) is 4.39 Å². The summed E-state index contributed by atoms with van der Waals surface area (Å²) in [5, 5.41) is 3.41. The van der Waals surface area contributed by atoms with E-state index in [9.17, 15) is 4.39 Å². The number of nitrogens with one attached hydrogen (secondary N) is 1. The molecule has 0 aliphatic carbocycles. The molecule has 96 valence electrons. The van der Waals surface area contributed by atoms with Gasteiger partial charge in [-0.3, -0.25) is 4.98 Å². The van der Waals surface area contributed by atoms with Gasteiger partial charge in [-0.2, -0.15) is 0 Å². The fourth-order valence-electron chi connectivity index (χ4n) is 1.84. The first-order valence-corrected chi connectivity index (χ1v) is 7.44. The number of hydrogen-bond acceptors (Lipinski definition) is 3. The van der Waals surface area contributed by atoms with Crippen molar-refractivity contribution in [2.45, 2.75) is 19.4 Å². The first-order valence-electron chi connectivity index (χ1n) is 5.77. The highest BCUT2D eigenvalue weighted by atomic mass is 79.9. The van der Waals surface area contributed by atoms with Crippen molar-refractivity contribution >= 4 is 27.3 Å². The van der Waals surface area contributed by atoms with Crippen LogP contribution >= 0.6 is 27.3 Å². The maximum atomic E-state index is 13.5. The number of likely N-dealkylation sites (N-methyl/N-ethyl adjacent to an activating group) is 1. The van der Waals surface area contributed by atoms with E-state index in [-0.39, 0.29) is 11.9 Å². The number of halogens is 2. The SMILES string of the molecule is CCNC(Cc1cccc(F)c1Br)c1cncs1. The van der Waals surface area contributed by atoms with Crippen LogP contribution in [0.2, 0.25) is 0 Å². The zero-order valence-electron chi connectivity index (χ0n) is 9.99. The van der Waals surface area contributed by atoms with Crippen LogP contribution in [0.5, 0.6) is 0 Å². The zero-order valence-corrected chi connectivity index (χ0v) is 12.4. The van der Waals surface area contributed by atoms with Gasteiger partial charge in [0.05, 0.1) is 9.98 Å². The van der Waals surface area contributed by atoms with Crippen LogP contribution < -0.4 is 5.32 Å². The van der Waals surface area contributed by atoms with Gasteiger partial charge in [0.25, 0.3) is 0 Å². The lowest BCUT2D eigenvalue weighted by molar-refractivity contribution is 0.551. The molecule has 2 aromatic rings. The van der Waals surface area contributed by atoms with Crippen molar-refractivity contribution in [1.82, 2.24) is 10.3 Å². The Labute approximate surface area is 118 Å². The van der Waals surface area contributed by atoms with E-state index in [0.29, 0.717) is 4.47 Å². The van der Waals surface area contributed by atoms with E-state index < -0.39 is 0 Å². The Balaban J connectivity index is 2.21. The van der Waals surface area contributed by atoms with Crippen LogP contribution in [0.3, 0.4) is 0 Å². The largest absolute Gasteiger partial charge is 0.309 e. The molecule has 0 aliphatic heterocycles. The Morgan fingerprint density at radius 2 is 2.33 bits per heavy atom. The van der Waals surface area contributed by atoms with Crippen molar-refractivity contribution in [2.24, 2.45) is 0 Å². The van der Waals surface area contributed by atoms with E-state index in [4.69, 9.17) is 0 Å². The highest BCUT2D eigenvalue weighted by molar-refractivity contribution is 9.10. The van der Waals surface area contributed by atoms with Gasteiger partial charge in [-0.1, -0.05) is 19.1 Å². The van der Waals surface area contributed by atoms with Gasteiger partial charge in [0.2, 0.25) is 0 Å². The number of thiazole rings is 1. The van der Waals surface area contributed by atoms with Gasteiger partial charge in [0.1, 0.15) is 5.82 Å². The van der Waals surface area contributed by atoms with E-state index >= 15 is 0 Å². The summed E-state index contributed by atoms with van der Waals surface area (Å²) < 4.78 is 14.0. The number of nitrogens with zero attached hydrogens (tertiary/aromatic N) is 1. The second-order valence-electron chi connectivity index (χ2n) is 3.93. The highest BCUT2D eigenvalue weighted by Gasteiger charge is 2.15. The Kier molecular flexibility index (Phi) is 4.86. The lowest BCUT2D eigenvalue weighted by Gasteiger charge is -2.17. The molecule has 0 saturated heterocycles. The van der Waals surface area contributed by atoms with Gasteiger partial charge < -0.3 is 5.32 Å². The molecular weight excluding hydrogens is 315 g/mol. The summed E-state index contributed by atoms with van der Waals surface area (Å²) in [5.74, 6) is -0.216. The van der Waals surface area contributed by atoms with Crippen molar-refractivity contribution in [2.75, 3.05) is 6.54 Å². The van der Waals surface area contributed by atoms with E-state index in [1.807, 2.05) is 17.8 Å². The Morgan fingerprint density at radius 1 is 1.50 bits per heavy atom. The van der Waals surface area contributed by atoms with Crippen molar-refractivity contribution < 1.29 is 4.39 Å². The van der Waals surface area contributed by atoms with Gasteiger partial charge in [-0.25, -0.2) is 4.39 Å². The van der Waals surface area contributed by atoms with Crippen LogP contribution in [0.15, 0.2) is 34.4 Å². The van der Waals surface area contributed by atoms with E-state index in [1.165, 1.54) is 10.9 Å². The highest BCUT2D eigenvalue weighted by Crippen LogP contribution is 2.27. The molecule has 5 heteroatoms. The fraction of sp³-hybridized carbons (Fsp3) is 0.308. The summed E-state index contributed by atoms with van der Waals surface area (Å²) in [6.07, 6.45) is 2.61. The first kappa shape index (κ1) is 13.6. The van der Waals surface area contributed by atoms with E-state index in [0.717, 1.165) is 18.5 Å². The lowest BCUT2D eigenvalue weighted by Crippen LogP contribution is -2.22. The van der Waals surface area contributed by atoms with Crippen molar-refractivity contribution in [1.29, 1.82) is 0 Å². The number of benzene rings is 1. The molecule has 0 bridgehead atoms. The van der Waals surface area contributed by atoms with Crippen LogP contribution in [-0.2, 0) is 6.42 Å². The van der Waals surface area contributed by atoms with Crippen molar-refractivity contribution in [3.63, 3.8) is 0 Å². The molecule has 0 radical (unpaired) electrons. The molecule has 1 aromatic carbocycles. The number of aromatic nitrogens is 1. The third-order valence-electron chi connectivity index (χ3n) is 2.70. The summed E-state index contributed by atoms with van der Waals surface area (Å²) in [7, 11) is 0. The molecule has 0 spiro atoms. The molecule has 1 heterocycles. The minimum Gasteiger partial charge on any atom is -0.309 e. The van der Waals surface area contributed by atoms with E-state index in [1.54, 1.807) is 17.4 Å². The minimum atomic E-state index is -0.216. The lowest BCUT2D eigenvalue weighted by atomic mass is 10.0. The van der Waals surface area contributed by atoms with E-state index in [2.05, 4.69) is 33.2 Å². The van der Waals surface area contributed by atoms with Gasteiger partial charge in [-0.05, 0) is 40.5 Å². The summed E-state index contributed by atoms with van der Waals surface area (Å²) in [4.78, 5) is 5.27. The topological polar surface area (TPSA) is 24.9 Å². The Morgan fingerprint density at radius 3 is 3.00 bits per heavy atom. The minimum absolute atomic E-state index is 0.181. The first-order chi connectivity index (χ1) is 8.72. The predicted molar refractivity (Wildman–Crippen MR) is 76.3 cm³/mol. The fourth-order valence-corrected chi connectivity index (χ4v) is 2.97. The molecule has 0 saturated carbocycles. The number of hydrogen-bond donors (Lipinski definition) is 1. The van der Waals surface area contributed by atoms with Crippen LogP contribution in [-0.4, -0.2) is 11.5 Å². The molecule has 1 unspecified atom stereocenters. The molecule has 18 heavy (non-hydrogen) atoms. The second-order valence-corrected chi connectivity index (χ2v) is 5.64. The summed E-state index contributed by atoms with van der Waals surface area (Å²) in [6, 6.07) is 5.33. The summed E-state index contributed by atoms with van der Waals surface area (Å²) in [6.45, 7) is 2.93. The third kappa shape index (κ3) is 3.16. The molecule has 1 aromatic heterocycles. The van der Waals surface area contributed by atoms with Crippen LogP contribution in [0.25, 0.3) is 0 Å². The monoisotopic (exact) mass is 328 g/mol. The van der Waals surface area contributed by atoms with Gasteiger partial charge in [-0.15, -0.1) is 11.3 Å².